The highest BCUT2D eigenvalue weighted by Crippen LogP contribution is 2.21. The number of ether oxygens (including phenoxy) is 1. The molecule has 0 radical (unpaired) electrons. The van der Waals surface area contributed by atoms with Crippen LogP contribution in [0.1, 0.15) is 10.5 Å². The number of amides is 1. The summed E-state index contributed by atoms with van der Waals surface area (Å²) >= 11 is 0. The number of benzene rings is 1. The van der Waals surface area contributed by atoms with E-state index in [1.807, 2.05) is 37.2 Å². The molecule has 0 spiro atoms. The number of nitrogens with zero attached hydrogens (tertiary/aromatic N) is 5. The summed E-state index contributed by atoms with van der Waals surface area (Å²) in [4.78, 5) is 18.7. The van der Waals surface area contributed by atoms with E-state index in [0.29, 0.717) is 12.2 Å². The molecule has 3 rings (SSSR count). The van der Waals surface area contributed by atoms with Gasteiger partial charge in [0.1, 0.15) is 5.75 Å². The molecule has 1 aromatic heterocycles. The summed E-state index contributed by atoms with van der Waals surface area (Å²) in [6, 6.07) is 11.7. The predicted molar refractivity (Wildman–Crippen MR) is 110 cm³/mol. The van der Waals surface area contributed by atoms with Gasteiger partial charge in [-0.2, -0.15) is 0 Å². The van der Waals surface area contributed by atoms with Gasteiger partial charge in [-0.25, -0.2) is 0 Å². The zero-order valence-electron chi connectivity index (χ0n) is 16.8. The van der Waals surface area contributed by atoms with Gasteiger partial charge in [-0.1, -0.05) is 0 Å². The number of likely N-dealkylation sites (N-methyl/N-ethyl adjacent to an activating group) is 1. The zero-order valence-corrected chi connectivity index (χ0v) is 16.8. The van der Waals surface area contributed by atoms with Gasteiger partial charge in [-0.3, -0.25) is 4.79 Å². The molecule has 1 N–H and O–H groups in total. The summed E-state index contributed by atoms with van der Waals surface area (Å²) in [7, 11) is 5.61. The second-order valence-electron chi connectivity index (χ2n) is 7.01. The summed E-state index contributed by atoms with van der Waals surface area (Å²) < 4.78 is 5.22. The number of nitrogens with one attached hydrogen (secondary N) is 1. The first kappa shape index (κ1) is 19.9. The van der Waals surface area contributed by atoms with Crippen LogP contribution in [0.3, 0.4) is 0 Å². The van der Waals surface area contributed by atoms with Crippen LogP contribution < -0.4 is 19.9 Å². The Hall–Kier alpha value is -2.87. The first-order valence-corrected chi connectivity index (χ1v) is 9.47. The first-order chi connectivity index (χ1) is 13.6. The summed E-state index contributed by atoms with van der Waals surface area (Å²) in [5, 5.41) is 11.2. The van der Waals surface area contributed by atoms with Crippen molar-refractivity contribution in [2.24, 2.45) is 0 Å². The van der Waals surface area contributed by atoms with Crippen LogP contribution in [0.5, 0.6) is 5.75 Å². The lowest BCUT2D eigenvalue weighted by Gasteiger charge is -2.36. The molecule has 8 nitrogen and oxygen atoms in total. The number of aromatic nitrogens is 2. The SMILES string of the molecule is COc1ccc(N2CCN(c3ccc(C(=O)NCCN(C)C)nn3)CC2)cc1. The van der Waals surface area contributed by atoms with E-state index in [1.165, 1.54) is 5.69 Å². The van der Waals surface area contributed by atoms with E-state index in [4.69, 9.17) is 4.74 Å². The lowest BCUT2D eigenvalue weighted by atomic mass is 10.2. The standard InChI is InChI=1S/C20H28N6O2/c1-24(2)11-10-21-20(27)18-8-9-19(23-22-18)26-14-12-25(13-15-26)16-4-6-17(28-3)7-5-16/h4-9H,10-15H2,1-3H3,(H,21,27). The number of methoxy groups -OCH3 is 1. The van der Waals surface area contributed by atoms with E-state index in [0.717, 1.165) is 44.3 Å². The smallest absolute Gasteiger partial charge is 0.271 e. The van der Waals surface area contributed by atoms with Crippen LogP contribution in [0, 0.1) is 0 Å². The van der Waals surface area contributed by atoms with Gasteiger partial charge >= 0.3 is 0 Å². The maximum Gasteiger partial charge on any atom is 0.271 e. The molecule has 1 aliphatic rings. The maximum atomic E-state index is 12.1. The van der Waals surface area contributed by atoms with Crippen molar-refractivity contribution in [3.63, 3.8) is 0 Å². The van der Waals surface area contributed by atoms with E-state index in [9.17, 15) is 4.79 Å². The van der Waals surface area contributed by atoms with Gasteiger partial charge in [0.05, 0.1) is 7.11 Å². The molecule has 0 saturated carbocycles. The first-order valence-electron chi connectivity index (χ1n) is 9.47. The van der Waals surface area contributed by atoms with Gasteiger partial charge < -0.3 is 24.8 Å². The van der Waals surface area contributed by atoms with E-state index < -0.39 is 0 Å². The molecular formula is C20H28N6O2. The van der Waals surface area contributed by atoms with Crippen LogP contribution in [0.15, 0.2) is 36.4 Å². The number of piperazine rings is 1. The minimum absolute atomic E-state index is 0.190. The van der Waals surface area contributed by atoms with Gasteiger partial charge in [0.2, 0.25) is 0 Å². The lowest BCUT2D eigenvalue weighted by Crippen LogP contribution is -2.47. The van der Waals surface area contributed by atoms with Crippen LogP contribution in [0.4, 0.5) is 11.5 Å². The van der Waals surface area contributed by atoms with Crippen molar-refractivity contribution in [2.45, 2.75) is 0 Å². The largest absolute Gasteiger partial charge is 0.497 e. The molecule has 0 bridgehead atoms. The third-order valence-corrected chi connectivity index (χ3v) is 4.77. The van der Waals surface area contributed by atoms with Crippen molar-refractivity contribution in [3.8, 4) is 5.75 Å². The van der Waals surface area contributed by atoms with E-state index >= 15 is 0 Å². The molecule has 2 heterocycles. The number of anilines is 2. The zero-order chi connectivity index (χ0) is 19.9. The van der Waals surface area contributed by atoms with Gasteiger partial charge in [0.15, 0.2) is 11.5 Å². The molecule has 150 valence electrons. The minimum atomic E-state index is -0.190. The molecule has 2 aromatic rings. The van der Waals surface area contributed by atoms with Gasteiger partial charge in [-0.15, -0.1) is 10.2 Å². The molecule has 0 unspecified atom stereocenters. The van der Waals surface area contributed by atoms with Crippen LogP contribution in [0.25, 0.3) is 0 Å². The number of hydrogen-bond donors (Lipinski definition) is 1. The number of rotatable bonds is 7. The van der Waals surface area contributed by atoms with E-state index in [2.05, 4.69) is 37.4 Å². The molecule has 1 aliphatic heterocycles. The third-order valence-electron chi connectivity index (χ3n) is 4.77. The van der Waals surface area contributed by atoms with Crippen molar-refractivity contribution in [1.82, 2.24) is 20.4 Å². The number of hydrogen-bond acceptors (Lipinski definition) is 7. The fourth-order valence-electron chi connectivity index (χ4n) is 3.09. The van der Waals surface area contributed by atoms with Crippen molar-refractivity contribution in [2.75, 3.05) is 70.3 Å². The molecular weight excluding hydrogens is 356 g/mol. The minimum Gasteiger partial charge on any atom is -0.497 e. The molecule has 1 fully saturated rings. The van der Waals surface area contributed by atoms with Crippen LogP contribution in [-0.4, -0.2) is 81.5 Å². The van der Waals surface area contributed by atoms with Crippen molar-refractivity contribution in [3.05, 3.63) is 42.1 Å². The summed E-state index contributed by atoms with van der Waals surface area (Å²) in [5.74, 6) is 1.48. The summed E-state index contributed by atoms with van der Waals surface area (Å²) in [6.07, 6.45) is 0. The second-order valence-corrected chi connectivity index (χ2v) is 7.01. The monoisotopic (exact) mass is 384 g/mol. The second kappa shape index (κ2) is 9.36. The fraction of sp³-hybridized carbons (Fsp3) is 0.450. The van der Waals surface area contributed by atoms with Crippen LogP contribution >= 0.6 is 0 Å². The number of carbonyl (C=O) groups is 1. The number of carbonyl (C=O) groups excluding carboxylic acids is 1. The Morgan fingerprint density at radius 1 is 1.04 bits per heavy atom. The Morgan fingerprint density at radius 3 is 2.29 bits per heavy atom. The highest BCUT2D eigenvalue weighted by molar-refractivity contribution is 5.92. The maximum absolute atomic E-state index is 12.1. The van der Waals surface area contributed by atoms with Gasteiger partial charge in [0, 0.05) is 45.0 Å². The molecule has 0 atom stereocenters. The quantitative estimate of drug-likeness (QED) is 0.766. The fourth-order valence-corrected chi connectivity index (χ4v) is 3.09. The Labute approximate surface area is 166 Å². The Kier molecular flexibility index (Phi) is 6.65. The molecule has 1 amide bonds. The van der Waals surface area contributed by atoms with Gasteiger partial charge in [-0.05, 0) is 50.5 Å². The summed E-state index contributed by atoms with van der Waals surface area (Å²) in [6.45, 7) is 4.89. The molecule has 28 heavy (non-hydrogen) atoms. The Morgan fingerprint density at radius 2 is 1.71 bits per heavy atom. The third kappa shape index (κ3) is 5.10. The summed E-state index contributed by atoms with van der Waals surface area (Å²) in [5.41, 5.74) is 1.54. The Bertz CT molecular complexity index is 755. The van der Waals surface area contributed by atoms with Gasteiger partial charge in [0.25, 0.3) is 5.91 Å². The molecule has 0 aliphatic carbocycles. The average molecular weight is 384 g/mol. The average Bonchev–Trinajstić information content (AvgIpc) is 2.74. The highest BCUT2D eigenvalue weighted by Gasteiger charge is 2.19. The topological polar surface area (TPSA) is 73.8 Å². The Balaban J connectivity index is 1.52. The van der Waals surface area contributed by atoms with Crippen molar-refractivity contribution in [1.29, 1.82) is 0 Å². The van der Waals surface area contributed by atoms with Crippen LogP contribution in [0.2, 0.25) is 0 Å². The lowest BCUT2D eigenvalue weighted by molar-refractivity contribution is 0.0945. The normalized spacial score (nSPS) is 14.3. The molecule has 8 heteroatoms. The molecule has 1 aromatic carbocycles. The molecule has 1 saturated heterocycles. The highest BCUT2D eigenvalue weighted by atomic mass is 16.5. The predicted octanol–water partition coefficient (Wildman–Crippen LogP) is 1.10. The van der Waals surface area contributed by atoms with Crippen LogP contribution in [-0.2, 0) is 0 Å². The van der Waals surface area contributed by atoms with E-state index in [-0.39, 0.29) is 5.91 Å². The van der Waals surface area contributed by atoms with Crippen molar-refractivity contribution < 1.29 is 9.53 Å². The van der Waals surface area contributed by atoms with Crippen molar-refractivity contribution >= 4 is 17.4 Å². The van der Waals surface area contributed by atoms with E-state index in [1.54, 1.807) is 13.2 Å².